The monoisotopic (exact) mass is 241 g/mol. The molecule has 5 heteroatoms. The highest BCUT2D eigenvalue weighted by Crippen LogP contribution is 2.08. The Kier molecular flexibility index (Phi) is 6.57. The van der Waals surface area contributed by atoms with Gasteiger partial charge in [-0.1, -0.05) is 18.2 Å². The van der Waals surface area contributed by atoms with Crippen LogP contribution in [0.4, 0.5) is 0 Å². The van der Waals surface area contributed by atoms with E-state index in [2.05, 4.69) is 5.32 Å². The SMILES string of the molecule is OCC(O)CNCC(O)COc1ccccc1. The molecule has 0 spiro atoms. The number of aliphatic hydroxyl groups is 3. The molecular weight excluding hydrogens is 222 g/mol. The van der Waals surface area contributed by atoms with Crippen LogP contribution in [0.2, 0.25) is 0 Å². The van der Waals surface area contributed by atoms with Crippen molar-refractivity contribution < 1.29 is 20.1 Å². The number of nitrogens with one attached hydrogen (secondary N) is 1. The molecule has 0 aliphatic heterocycles. The summed E-state index contributed by atoms with van der Waals surface area (Å²) < 4.78 is 5.35. The topological polar surface area (TPSA) is 82.0 Å². The Morgan fingerprint density at radius 2 is 1.71 bits per heavy atom. The lowest BCUT2D eigenvalue weighted by Gasteiger charge is -2.14. The van der Waals surface area contributed by atoms with Crippen molar-refractivity contribution in [3.63, 3.8) is 0 Å². The summed E-state index contributed by atoms with van der Waals surface area (Å²) in [5.41, 5.74) is 0. The predicted octanol–water partition coefficient (Wildman–Crippen LogP) is -0.631. The molecule has 0 aromatic heterocycles. The van der Waals surface area contributed by atoms with Crippen LogP contribution in [0.3, 0.4) is 0 Å². The van der Waals surface area contributed by atoms with Gasteiger partial charge >= 0.3 is 0 Å². The average Bonchev–Trinajstić information content (AvgIpc) is 2.37. The van der Waals surface area contributed by atoms with Crippen molar-refractivity contribution in [1.29, 1.82) is 0 Å². The summed E-state index contributed by atoms with van der Waals surface area (Å²) in [4.78, 5) is 0. The van der Waals surface area contributed by atoms with Crippen molar-refractivity contribution in [1.82, 2.24) is 5.32 Å². The lowest BCUT2D eigenvalue weighted by Crippen LogP contribution is -2.37. The molecule has 0 aliphatic rings. The zero-order chi connectivity index (χ0) is 12.5. The molecule has 1 aromatic rings. The van der Waals surface area contributed by atoms with Crippen molar-refractivity contribution in [3.8, 4) is 5.75 Å². The van der Waals surface area contributed by atoms with Gasteiger partial charge in [-0.3, -0.25) is 0 Å². The normalized spacial score (nSPS) is 14.3. The maximum Gasteiger partial charge on any atom is 0.119 e. The fourth-order valence-corrected chi connectivity index (χ4v) is 1.25. The molecule has 0 saturated carbocycles. The second kappa shape index (κ2) is 8.03. The molecule has 5 nitrogen and oxygen atoms in total. The highest BCUT2D eigenvalue weighted by molar-refractivity contribution is 5.20. The fourth-order valence-electron chi connectivity index (χ4n) is 1.25. The Balaban J connectivity index is 2.11. The Morgan fingerprint density at radius 1 is 1.06 bits per heavy atom. The van der Waals surface area contributed by atoms with Crippen LogP contribution >= 0.6 is 0 Å². The largest absolute Gasteiger partial charge is 0.491 e. The second-order valence-electron chi connectivity index (χ2n) is 3.77. The lowest BCUT2D eigenvalue weighted by molar-refractivity contribution is 0.0795. The smallest absolute Gasteiger partial charge is 0.119 e. The van der Waals surface area contributed by atoms with E-state index in [1.807, 2.05) is 30.3 Å². The van der Waals surface area contributed by atoms with Gasteiger partial charge in [0.15, 0.2) is 0 Å². The summed E-state index contributed by atoms with van der Waals surface area (Å²) in [5, 5.41) is 30.0. The molecule has 0 radical (unpaired) electrons. The van der Waals surface area contributed by atoms with Crippen LogP contribution in [0.5, 0.6) is 5.75 Å². The van der Waals surface area contributed by atoms with Gasteiger partial charge < -0.3 is 25.4 Å². The fraction of sp³-hybridized carbons (Fsp3) is 0.500. The highest BCUT2D eigenvalue weighted by atomic mass is 16.5. The number of hydrogen-bond donors (Lipinski definition) is 4. The van der Waals surface area contributed by atoms with Crippen LogP contribution in [0.15, 0.2) is 30.3 Å². The minimum absolute atomic E-state index is 0.187. The maximum absolute atomic E-state index is 9.56. The zero-order valence-corrected chi connectivity index (χ0v) is 9.62. The van der Waals surface area contributed by atoms with E-state index in [0.29, 0.717) is 12.3 Å². The number of para-hydroxylation sites is 1. The Morgan fingerprint density at radius 3 is 2.35 bits per heavy atom. The first kappa shape index (κ1) is 13.9. The molecule has 0 aliphatic carbocycles. The first-order chi connectivity index (χ1) is 8.22. The van der Waals surface area contributed by atoms with E-state index in [9.17, 15) is 5.11 Å². The number of benzene rings is 1. The summed E-state index contributed by atoms with van der Waals surface area (Å²) in [7, 11) is 0. The second-order valence-corrected chi connectivity index (χ2v) is 3.77. The van der Waals surface area contributed by atoms with Gasteiger partial charge in [0.25, 0.3) is 0 Å². The van der Waals surface area contributed by atoms with Crippen molar-refractivity contribution >= 4 is 0 Å². The van der Waals surface area contributed by atoms with Crippen molar-refractivity contribution in [2.45, 2.75) is 12.2 Å². The van der Waals surface area contributed by atoms with Gasteiger partial charge in [0.1, 0.15) is 18.5 Å². The van der Waals surface area contributed by atoms with E-state index in [-0.39, 0.29) is 19.8 Å². The van der Waals surface area contributed by atoms with E-state index in [1.165, 1.54) is 0 Å². The minimum atomic E-state index is -0.794. The first-order valence-electron chi connectivity index (χ1n) is 5.58. The first-order valence-corrected chi connectivity index (χ1v) is 5.58. The van der Waals surface area contributed by atoms with Gasteiger partial charge in [0, 0.05) is 13.1 Å². The van der Waals surface area contributed by atoms with E-state index in [0.717, 1.165) is 0 Å². The molecule has 0 saturated heterocycles. The van der Waals surface area contributed by atoms with Crippen LogP contribution in [-0.2, 0) is 0 Å². The van der Waals surface area contributed by atoms with Gasteiger partial charge in [-0.05, 0) is 12.1 Å². The third-order valence-corrected chi connectivity index (χ3v) is 2.16. The summed E-state index contributed by atoms with van der Waals surface area (Å²) in [5.74, 6) is 0.710. The number of aliphatic hydroxyl groups excluding tert-OH is 3. The molecule has 0 fully saturated rings. The molecule has 96 valence electrons. The molecule has 17 heavy (non-hydrogen) atoms. The Hall–Kier alpha value is -1.14. The van der Waals surface area contributed by atoms with E-state index < -0.39 is 12.2 Å². The Bertz CT molecular complexity index is 294. The lowest BCUT2D eigenvalue weighted by atomic mass is 10.3. The third kappa shape index (κ3) is 6.23. The standard InChI is InChI=1S/C12H19NO4/c14-8-10(15)6-13-7-11(16)9-17-12-4-2-1-3-5-12/h1-5,10-11,13-16H,6-9H2. The maximum atomic E-state index is 9.56. The molecule has 2 unspecified atom stereocenters. The highest BCUT2D eigenvalue weighted by Gasteiger charge is 2.06. The van der Waals surface area contributed by atoms with Gasteiger partial charge in [0.05, 0.1) is 12.7 Å². The van der Waals surface area contributed by atoms with Gasteiger partial charge in [-0.15, -0.1) is 0 Å². The quantitative estimate of drug-likeness (QED) is 0.487. The third-order valence-electron chi connectivity index (χ3n) is 2.16. The molecule has 4 N–H and O–H groups in total. The Labute approximate surface area is 101 Å². The molecule has 1 aromatic carbocycles. The molecule has 0 bridgehead atoms. The number of rotatable bonds is 8. The van der Waals surface area contributed by atoms with E-state index in [4.69, 9.17) is 14.9 Å². The summed E-state index contributed by atoms with van der Waals surface area (Å²) >= 11 is 0. The van der Waals surface area contributed by atoms with Gasteiger partial charge in [0.2, 0.25) is 0 Å². The van der Waals surface area contributed by atoms with Gasteiger partial charge in [-0.2, -0.15) is 0 Å². The van der Waals surface area contributed by atoms with Crippen LogP contribution < -0.4 is 10.1 Å². The van der Waals surface area contributed by atoms with Crippen molar-refractivity contribution in [3.05, 3.63) is 30.3 Å². The number of ether oxygens (including phenoxy) is 1. The van der Waals surface area contributed by atoms with Gasteiger partial charge in [-0.25, -0.2) is 0 Å². The zero-order valence-electron chi connectivity index (χ0n) is 9.62. The summed E-state index contributed by atoms with van der Waals surface area (Å²) in [6.07, 6.45) is -1.45. The molecular formula is C12H19NO4. The van der Waals surface area contributed by atoms with E-state index in [1.54, 1.807) is 0 Å². The molecule has 0 amide bonds. The average molecular weight is 241 g/mol. The van der Waals surface area contributed by atoms with Crippen LogP contribution in [-0.4, -0.2) is 53.8 Å². The van der Waals surface area contributed by atoms with Crippen LogP contribution in [0.25, 0.3) is 0 Å². The van der Waals surface area contributed by atoms with Crippen LogP contribution in [0, 0.1) is 0 Å². The summed E-state index contributed by atoms with van der Waals surface area (Å²) in [6, 6.07) is 9.24. The summed E-state index contributed by atoms with van der Waals surface area (Å²) in [6.45, 7) is 0.457. The number of hydrogen-bond acceptors (Lipinski definition) is 5. The minimum Gasteiger partial charge on any atom is -0.491 e. The van der Waals surface area contributed by atoms with Crippen molar-refractivity contribution in [2.75, 3.05) is 26.3 Å². The molecule has 2 atom stereocenters. The molecule has 1 rings (SSSR count). The van der Waals surface area contributed by atoms with E-state index >= 15 is 0 Å². The van der Waals surface area contributed by atoms with Crippen LogP contribution in [0.1, 0.15) is 0 Å². The molecule has 0 heterocycles. The van der Waals surface area contributed by atoms with Crippen molar-refractivity contribution in [2.24, 2.45) is 0 Å². The predicted molar refractivity (Wildman–Crippen MR) is 63.9 cm³/mol.